The summed E-state index contributed by atoms with van der Waals surface area (Å²) in [5.41, 5.74) is 0.974. The van der Waals surface area contributed by atoms with Gasteiger partial charge in [-0.15, -0.1) is 0 Å². The van der Waals surface area contributed by atoms with Crippen LogP contribution in [0.4, 0.5) is 10.1 Å². The molecule has 0 bridgehead atoms. The van der Waals surface area contributed by atoms with Crippen molar-refractivity contribution in [3.8, 4) is 0 Å². The minimum Gasteiger partial charge on any atom is -0.467 e. The van der Waals surface area contributed by atoms with Crippen LogP contribution >= 0.6 is 0 Å². The molecule has 0 spiro atoms. The van der Waals surface area contributed by atoms with Crippen molar-refractivity contribution in [3.05, 3.63) is 59.9 Å². The third kappa shape index (κ3) is 6.12. The highest BCUT2D eigenvalue weighted by Gasteiger charge is 2.30. The first-order chi connectivity index (χ1) is 16.1. The first-order valence-electron chi connectivity index (χ1n) is 11.1. The molecule has 10 heteroatoms. The van der Waals surface area contributed by atoms with E-state index in [0.29, 0.717) is 19.5 Å². The molecule has 3 rings (SSSR count). The second kappa shape index (κ2) is 11.0. The van der Waals surface area contributed by atoms with Crippen LogP contribution < -0.4 is 10.2 Å². The Balaban J connectivity index is 1.71. The molecule has 2 aromatic carbocycles. The van der Waals surface area contributed by atoms with Gasteiger partial charge in [-0.25, -0.2) is 17.6 Å². The number of nitrogens with one attached hydrogen (secondary N) is 1. The van der Waals surface area contributed by atoms with E-state index in [4.69, 9.17) is 4.74 Å². The summed E-state index contributed by atoms with van der Waals surface area (Å²) in [4.78, 5) is 26.8. The second-order valence-corrected chi connectivity index (χ2v) is 10.5. The maximum Gasteiger partial charge on any atom is 0.328 e. The van der Waals surface area contributed by atoms with Crippen molar-refractivity contribution in [2.24, 2.45) is 5.92 Å². The number of halogens is 1. The van der Waals surface area contributed by atoms with Crippen LogP contribution in [0.3, 0.4) is 0 Å². The number of nitrogens with zero attached hydrogens (tertiary/aromatic N) is 2. The molecule has 1 aliphatic rings. The summed E-state index contributed by atoms with van der Waals surface area (Å²) in [6.07, 6.45) is 0.398. The van der Waals surface area contributed by atoms with Crippen molar-refractivity contribution < 1.29 is 27.1 Å². The smallest absolute Gasteiger partial charge is 0.328 e. The fraction of sp³-hybridized carbons (Fsp3) is 0.417. The zero-order valence-corrected chi connectivity index (χ0v) is 20.3. The lowest BCUT2D eigenvalue weighted by atomic mass is 10.0. The fourth-order valence-electron chi connectivity index (χ4n) is 3.85. The number of carbonyl (C=O) groups is 2. The summed E-state index contributed by atoms with van der Waals surface area (Å²) < 4.78 is 45.8. The van der Waals surface area contributed by atoms with Gasteiger partial charge in [0.2, 0.25) is 10.0 Å². The van der Waals surface area contributed by atoms with E-state index in [1.54, 1.807) is 12.1 Å². The molecule has 184 valence electrons. The van der Waals surface area contributed by atoms with Gasteiger partial charge in [0.05, 0.1) is 12.0 Å². The number of esters is 1. The molecule has 1 fully saturated rings. The van der Waals surface area contributed by atoms with Crippen LogP contribution in [-0.4, -0.2) is 63.9 Å². The van der Waals surface area contributed by atoms with Crippen LogP contribution in [-0.2, 0) is 19.6 Å². The van der Waals surface area contributed by atoms with Crippen LogP contribution in [0.2, 0.25) is 0 Å². The van der Waals surface area contributed by atoms with E-state index in [1.807, 2.05) is 18.7 Å². The van der Waals surface area contributed by atoms with Crippen molar-refractivity contribution in [2.75, 3.05) is 38.2 Å². The number of benzene rings is 2. The van der Waals surface area contributed by atoms with E-state index < -0.39 is 27.9 Å². The van der Waals surface area contributed by atoms with E-state index in [2.05, 4.69) is 5.32 Å². The molecule has 34 heavy (non-hydrogen) atoms. The first-order valence-corrected chi connectivity index (χ1v) is 12.5. The number of ether oxygens (including phenoxy) is 1. The molecule has 0 radical (unpaired) electrons. The van der Waals surface area contributed by atoms with Crippen molar-refractivity contribution in [3.63, 3.8) is 0 Å². The molecule has 0 aromatic heterocycles. The highest BCUT2D eigenvalue weighted by atomic mass is 32.2. The number of sulfonamides is 1. The maximum absolute atomic E-state index is 13.2. The predicted octanol–water partition coefficient (Wildman–Crippen LogP) is 2.65. The molecule has 1 N–H and O–H groups in total. The Kier molecular flexibility index (Phi) is 8.27. The lowest BCUT2D eigenvalue weighted by Crippen LogP contribution is -2.48. The molecule has 0 aliphatic carbocycles. The Morgan fingerprint density at radius 3 is 2.29 bits per heavy atom. The van der Waals surface area contributed by atoms with Crippen LogP contribution in [0, 0.1) is 11.7 Å². The van der Waals surface area contributed by atoms with Gasteiger partial charge in [-0.2, -0.15) is 4.31 Å². The molecule has 1 atom stereocenters. The quantitative estimate of drug-likeness (QED) is 0.571. The third-order valence-corrected chi connectivity index (χ3v) is 7.56. The Morgan fingerprint density at radius 2 is 1.71 bits per heavy atom. The number of hydrogen-bond acceptors (Lipinski definition) is 6. The SMILES string of the molecule is COC(=O)[C@H](CC(C)C)NC(=O)c1cccc(S(=O)(=O)N2CCN(c3ccc(F)cc3)CC2)c1. The van der Waals surface area contributed by atoms with Gasteiger partial charge in [0.1, 0.15) is 11.9 Å². The number of anilines is 1. The molecule has 1 aliphatic heterocycles. The Labute approximate surface area is 199 Å². The van der Waals surface area contributed by atoms with Gasteiger partial charge in [0, 0.05) is 37.4 Å². The molecule has 2 aromatic rings. The van der Waals surface area contributed by atoms with E-state index in [0.717, 1.165) is 5.69 Å². The summed E-state index contributed by atoms with van der Waals surface area (Å²) >= 11 is 0. The first kappa shape index (κ1) is 25.6. The van der Waals surface area contributed by atoms with E-state index >= 15 is 0 Å². The van der Waals surface area contributed by atoms with Crippen LogP contribution in [0.15, 0.2) is 53.4 Å². The van der Waals surface area contributed by atoms with E-state index in [9.17, 15) is 22.4 Å². The molecule has 8 nitrogen and oxygen atoms in total. The molecule has 0 saturated carbocycles. The number of amides is 1. The van der Waals surface area contributed by atoms with Gasteiger partial charge in [0.15, 0.2) is 0 Å². The molecule has 1 heterocycles. The minimum atomic E-state index is -3.82. The monoisotopic (exact) mass is 491 g/mol. The summed E-state index contributed by atoms with van der Waals surface area (Å²) in [6.45, 7) is 5.28. The van der Waals surface area contributed by atoms with Crippen LogP contribution in [0.25, 0.3) is 0 Å². The van der Waals surface area contributed by atoms with Gasteiger partial charge in [-0.1, -0.05) is 19.9 Å². The summed E-state index contributed by atoms with van der Waals surface area (Å²) in [7, 11) is -2.57. The van der Waals surface area contributed by atoms with Gasteiger partial charge >= 0.3 is 5.97 Å². The van der Waals surface area contributed by atoms with Gasteiger partial charge < -0.3 is 15.0 Å². The number of rotatable bonds is 8. The minimum absolute atomic E-state index is 0.00820. The maximum atomic E-state index is 13.2. The molecule has 1 saturated heterocycles. The number of hydrogen-bond donors (Lipinski definition) is 1. The Bertz CT molecular complexity index is 1110. The van der Waals surface area contributed by atoms with Gasteiger partial charge in [-0.3, -0.25) is 4.79 Å². The largest absolute Gasteiger partial charge is 0.467 e. The lowest BCUT2D eigenvalue weighted by molar-refractivity contribution is -0.143. The highest BCUT2D eigenvalue weighted by molar-refractivity contribution is 7.89. The molecule has 0 unspecified atom stereocenters. The number of methoxy groups -OCH3 is 1. The molecular weight excluding hydrogens is 461 g/mol. The zero-order valence-electron chi connectivity index (χ0n) is 19.5. The topological polar surface area (TPSA) is 96.0 Å². The van der Waals surface area contributed by atoms with Crippen molar-refractivity contribution in [1.82, 2.24) is 9.62 Å². The normalized spacial score (nSPS) is 15.7. The standard InChI is InChI=1S/C24H30FN3O5S/c1-17(2)15-22(24(30)33-3)26-23(29)18-5-4-6-21(16-18)34(31,32)28-13-11-27(12-14-28)20-9-7-19(25)8-10-20/h4-10,16-17,22H,11-15H2,1-3H3,(H,26,29)/t22-/m0/s1. The summed E-state index contributed by atoms with van der Waals surface area (Å²) in [5.74, 6) is -1.28. The predicted molar refractivity (Wildman–Crippen MR) is 127 cm³/mol. The molecule has 1 amide bonds. The Hall–Kier alpha value is -2.98. The zero-order chi connectivity index (χ0) is 24.9. The number of carbonyl (C=O) groups excluding carboxylic acids is 2. The van der Waals surface area contributed by atoms with Crippen molar-refractivity contribution in [1.29, 1.82) is 0 Å². The van der Waals surface area contributed by atoms with Crippen LogP contribution in [0.1, 0.15) is 30.6 Å². The third-order valence-electron chi connectivity index (χ3n) is 5.66. The average Bonchev–Trinajstić information content (AvgIpc) is 2.83. The van der Waals surface area contributed by atoms with Crippen LogP contribution in [0.5, 0.6) is 0 Å². The van der Waals surface area contributed by atoms with Gasteiger partial charge in [0.25, 0.3) is 5.91 Å². The average molecular weight is 492 g/mol. The second-order valence-electron chi connectivity index (χ2n) is 8.57. The lowest BCUT2D eigenvalue weighted by Gasteiger charge is -2.35. The fourth-order valence-corrected chi connectivity index (χ4v) is 5.32. The summed E-state index contributed by atoms with van der Waals surface area (Å²) in [5, 5.41) is 2.65. The van der Waals surface area contributed by atoms with E-state index in [1.165, 1.54) is 47.8 Å². The number of piperazine rings is 1. The summed E-state index contributed by atoms with van der Waals surface area (Å²) in [6, 6.07) is 11.0. The Morgan fingerprint density at radius 1 is 1.06 bits per heavy atom. The van der Waals surface area contributed by atoms with Crippen molar-refractivity contribution >= 4 is 27.6 Å². The van der Waals surface area contributed by atoms with Crippen molar-refractivity contribution in [2.45, 2.75) is 31.2 Å². The van der Waals surface area contributed by atoms with E-state index in [-0.39, 0.29) is 35.3 Å². The highest BCUT2D eigenvalue weighted by Crippen LogP contribution is 2.22. The van der Waals surface area contributed by atoms with Gasteiger partial charge in [-0.05, 0) is 54.8 Å². The molecular formula is C24H30FN3O5S.